The van der Waals surface area contributed by atoms with Crippen LogP contribution in [0.3, 0.4) is 0 Å². The standard InChI is InChI=1S/C21H23N3O2/c1-16(23-11-13-26-14-12-23)20-22-19-10-6-5-9-18(19)21(25)24(20)15-17-7-3-2-4-8-17/h2-10,16H,11-15H2,1H3. The number of hydrogen-bond donors (Lipinski definition) is 0. The number of aromatic nitrogens is 2. The van der Waals surface area contributed by atoms with E-state index in [1.54, 1.807) is 0 Å². The van der Waals surface area contributed by atoms with Crippen LogP contribution >= 0.6 is 0 Å². The molecule has 2 aromatic carbocycles. The van der Waals surface area contributed by atoms with Gasteiger partial charge >= 0.3 is 0 Å². The van der Waals surface area contributed by atoms with Crippen molar-refractivity contribution in [1.29, 1.82) is 0 Å². The summed E-state index contributed by atoms with van der Waals surface area (Å²) in [7, 11) is 0. The zero-order valence-electron chi connectivity index (χ0n) is 15.0. The topological polar surface area (TPSA) is 47.4 Å². The molecule has 5 heteroatoms. The lowest BCUT2D eigenvalue weighted by Crippen LogP contribution is -2.40. The van der Waals surface area contributed by atoms with Gasteiger partial charge in [0.15, 0.2) is 0 Å². The fraction of sp³-hybridized carbons (Fsp3) is 0.333. The number of benzene rings is 2. The van der Waals surface area contributed by atoms with Crippen LogP contribution in [-0.4, -0.2) is 40.8 Å². The van der Waals surface area contributed by atoms with Gasteiger partial charge in [-0.3, -0.25) is 14.3 Å². The molecule has 0 saturated carbocycles. The van der Waals surface area contributed by atoms with Crippen molar-refractivity contribution in [2.75, 3.05) is 26.3 Å². The molecule has 0 aliphatic carbocycles. The molecule has 5 nitrogen and oxygen atoms in total. The minimum atomic E-state index is 0.0227. The summed E-state index contributed by atoms with van der Waals surface area (Å²) in [6.07, 6.45) is 0. The van der Waals surface area contributed by atoms with E-state index in [1.165, 1.54) is 0 Å². The first-order valence-corrected chi connectivity index (χ1v) is 9.09. The minimum absolute atomic E-state index is 0.0227. The van der Waals surface area contributed by atoms with Crippen LogP contribution in [0.25, 0.3) is 10.9 Å². The van der Waals surface area contributed by atoms with Crippen LogP contribution in [0.4, 0.5) is 0 Å². The first-order chi connectivity index (χ1) is 12.7. The first-order valence-electron chi connectivity index (χ1n) is 9.09. The Morgan fingerprint density at radius 2 is 1.73 bits per heavy atom. The van der Waals surface area contributed by atoms with Crippen molar-refractivity contribution >= 4 is 10.9 Å². The number of hydrogen-bond acceptors (Lipinski definition) is 4. The molecule has 0 spiro atoms. The molecule has 1 aromatic heterocycles. The Kier molecular flexibility index (Phi) is 4.82. The average molecular weight is 349 g/mol. The van der Waals surface area contributed by atoms with Gasteiger partial charge in [0.05, 0.1) is 36.7 Å². The van der Waals surface area contributed by atoms with Crippen LogP contribution in [0.15, 0.2) is 59.4 Å². The highest BCUT2D eigenvalue weighted by Crippen LogP contribution is 2.21. The Hall–Kier alpha value is -2.50. The number of ether oxygens (including phenoxy) is 1. The zero-order valence-corrected chi connectivity index (χ0v) is 15.0. The summed E-state index contributed by atoms with van der Waals surface area (Å²) in [6, 6.07) is 17.7. The molecule has 3 aromatic rings. The van der Waals surface area contributed by atoms with Gasteiger partial charge in [0.1, 0.15) is 5.82 Å². The Bertz CT molecular complexity index is 946. The van der Waals surface area contributed by atoms with Crippen molar-refractivity contribution in [3.05, 3.63) is 76.3 Å². The maximum atomic E-state index is 13.2. The van der Waals surface area contributed by atoms with E-state index in [9.17, 15) is 4.79 Å². The van der Waals surface area contributed by atoms with E-state index < -0.39 is 0 Å². The van der Waals surface area contributed by atoms with Crippen LogP contribution in [0.5, 0.6) is 0 Å². The summed E-state index contributed by atoms with van der Waals surface area (Å²) in [6.45, 7) is 5.82. The minimum Gasteiger partial charge on any atom is -0.379 e. The van der Waals surface area contributed by atoms with Crippen molar-refractivity contribution in [3.8, 4) is 0 Å². The van der Waals surface area contributed by atoms with E-state index in [0.717, 1.165) is 43.2 Å². The van der Waals surface area contributed by atoms with E-state index >= 15 is 0 Å². The molecular weight excluding hydrogens is 326 g/mol. The van der Waals surface area contributed by atoms with Gasteiger partial charge < -0.3 is 4.74 Å². The first kappa shape index (κ1) is 16.9. The summed E-state index contributed by atoms with van der Waals surface area (Å²) in [4.78, 5) is 20.4. The number of morpholine rings is 1. The second-order valence-electron chi connectivity index (χ2n) is 6.69. The fourth-order valence-electron chi connectivity index (χ4n) is 3.55. The van der Waals surface area contributed by atoms with Gasteiger partial charge in [-0.1, -0.05) is 42.5 Å². The Morgan fingerprint density at radius 1 is 1.04 bits per heavy atom. The Labute approximate surface area is 152 Å². The van der Waals surface area contributed by atoms with Crippen molar-refractivity contribution in [2.45, 2.75) is 19.5 Å². The molecule has 0 bridgehead atoms. The van der Waals surface area contributed by atoms with Gasteiger partial charge in [0.25, 0.3) is 5.56 Å². The largest absolute Gasteiger partial charge is 0.379 e. The molecule has 1 saturated heterocycles. The lowest BCUT2D eigenvalue weighted by atomic mass is 10.1. The summed E-state index contributed by atoms with van der Waals surface area (Å²) < 4.78 is 7.31. The van der Waals surface area contributed by atoms with Crippen LogP contribution in [0, 0.1) is 0 Å². The molecule has 0 amide bonds. The van der Waals surface area contributed by atoms with Gasteiger partial charge in [0.2, 0.25) is 0 Å². The third kappa shape index (κ3) is 3.28. The maximum Gasteiger partial charge on any atom is 0.261 e. The summed E-state index contributed by atoms with van der Waals surface area (Å²) in [5, 5.41) is 0.668. The van der Waals surface area contributed by atoms with Gasteiger partial charge in [0, 0.05) is 13.1 Å². The molecule has 1 aliphatic heterocycles. The SMILES string of the molecule is CC(c1nc2ccccc2c(=O)n1Cc1ccccc1)N1CCOCC1. The van der Waals surface area contributed by atoms with Crippen molar-refractivity contribution in [1.82, 2.24) is 14.5 Å². The number of fused-ring (bicyclic) bond motifs is 1. The highest BCUT2D eigenvalue weighted by atomic mass is 16.5. The third-order valence-electron chi connectivity index (χ3n) is 5.04. The molecule has 1 fully saturated rings. The predicted octanol–water partition coefficient (Wildman–Crippen LogP) is 2.84. The molecule has 1 atom stereocenters. The summed E-state index contributed by atoms with van der Waals surface area (Å²) in [5.41, 5.74) is 1.88. The number of rotatable bonds is 4. The third-order valence-corrected chi connectivity index (χ3v) is 5.04. The van der Waals surface area contributed by atoms with E-state index in [-0.39, 0.29) is 11.6 Å². The van der Waals surface area contributed by atoms with Crippen LogP contribution in [0.2, 0.25) is 0 Å². The Morgan fingerprint density at radius 3 is 2.50 bits per heavy atom. The molecule has 2 heterocycles. The Balaban J connectivity index is 1.83. The van der Waals surface area contributed by atoms with Gasteiger partial charge in [-0.05, 0) is 24.6 Å². The molecule has 4 rings (SSSR count). The fourth-order valence-corrected chi connectivity index (χ4v) is 3.55. The average Bonchev–Trinajstić information content (AvgIpc) is 2.71. The lowest BCUT2D eigenvalue weighted by molar-refractivity contribution is 0.0173. The zero-order chi connectivity index (χ0) is 17.9. The van der Waals surface area contributed by atoms with Gasteiger partial charge in [-0.2, -0.15) is 0 Å². The van der Waals surface area contributed by atoms with E-state index in [0.29, 0.717) is 11.9 Å². The van der Waals surface area contributed by atoms with E-state index in [2.05, 4.69) is 11.8 Å². The van der Waals surface area contributed by atoms with Crippen molar-refractivity contribution in [3.63, 3.8) is 0 Å². The molecule has 134 valence electrons. The normalized spacial score (nSPS) is 16.7. The smallest absolute Gasteiger partial charge is 0.261 e. The highest BCUT2D eigenvalue weighted by Gasteiger charge is 2.24. The molecule has 1 unspecified atom stereocenters. The molecule has 1 aliphatic rings. The quantitative estimate of drug-likeness (QED) is 0.727. The predicted molar refractivity (Wildman–Crippen MR) is 102 cm³/mol. The van der Waals surface area contributed by atoms with E-state index in [1.807, 2.05) is 59.2 Å². The van der Waals surface area contributed by atoms with Crippen LogP contribution in [-0.2, 0) is 11.3 Å². The number of para-hydroxylation sites is 1. The highest BCUT2D eigenvalue weighted by molar-refractivity contribution is 5.77. The second kappa shape index (κ2) is 7.40. The molecule has 0 radical (unpaired) electrons. The molecule has 0 N–H and O–H groups in total. The van der Waals surface area contributed by atoms with Crippen molar-refractivity contribution in [2.24, 2.45) is 0 Å². The van der Waals surface area contributed by atoms with Crippen LogP contribution in [0.1, 0.15) is 24.4 Å². The molecular formula is C21H23N3O2. The lowest BCUT2D eigenvalue weighted by Gasteiger charge is -2.33. The van der Waals surface area contributed by atoms with E-state index in [4.69, 9.17) is 9.72 Å². The van der Waals surface area contributed by atoms with Crippen molar-refractivity contribution < 1.29 is 4.74 Å². The second-order valence-corrected chi connectivity index (χ2v) is 6.69. The number of nitrogens with zero attached hydrogens (tertiary/aromatic N) is 3. The van der Waals surface area contributed by atoms with Crippen LogP contribution < -0.4 is 5.56 Å². The van der Waals surface area contributed by atoms with Gasteiger partial charge in [-0.15, -0.1) is 0 Å². The summed E-state index contributed by atoms with van der Waals surface area (Å²) >= 11 is 0. The monoisotopic (exact) mass is 349 g/mol. The molecule has 26 heavy (non-hydrogen) atoms. The van der Waals surface area contributed by atoms with Gasteiger partial charge in [-0.25, -0.2) is 4.98 Å². The summed E-state index contributed by atoms with van der Waals surface area (Å²) in [5.74, 6) is 0.819. The maximum absolute atomic E-state index is 13.2.